The van der Waals surface area contributed by atoms with Gasteiger partial charge in [0.1, 0.15) is 5.75 Å². The summed E-state index contributed by atoms with van der Waals surface area (Å²) in [5.41, 5.74) is 0.920. The fraction of sp³-hybridized carbons (Fsp3) is 0.600. The monoisotopic (exact) mass is 305 g/mol. The summed E-state index contributed by atoms with van der Waals surface area (Å²) in [4.78, 5) is 0. The van der Waals surface area contributed by atoms with Crippen LogP contribution >= 0.6 is 0 Å². The van der Waals surface area contributed by atoms with Crippen molar-refractivity contribution in [3.8, 4) is 5.75 Å². The number of methoxy groups -OCH3 is 1. The average Bonchev–Trinajstić information content (AvgIpc) is 2.45. The molecule has 0 bridgehead atoms. The van der Waals surface area contributed by atoms with Gasteiger partial charge < -0.3 is 14.8 Å². The van der Waals surface area contributed by atoms with Gasteiger partial charge >= 0.3 is 6.18 Å². The maximum absolute atomic E-state index is 12.1. The summed E-state index contributed by atoms with van der Waals surface area (Å²) in [7, 11) is 1.58. The summed E-state index contributed by atoms with van der Waals surface area (Å²) in [5.74, 6) is 0.734. The third-order valence-electron chi connectivity index (χ3n) is 2.99. The van der Waals surface area contributed by atoms with Crippen LogP contribution in [-0.2, 0) is 4.74 Å². The molecule has 21 heavy (non-hydrogen) atoms. The number of halogens is 3. The van der Waals surface area contributed by atoms with E-state index in [1.165, 1.54) is 0 Å². The molecule has 0 aliphatic rings. The van der Waals surface area contributed by atoms with Crippen LogP contribution < -0.4 is 10.1 Å². The average molecular weight is 305 g/mol. The van der Waals surface area contributed by atoms with Crippen molar-refractivity contribution in [3.05, 3.63) is 29.8 Å². The number of ether oxygens (including phenoxy) is 2. The van der Waals surface area contributed by atoms with E-state index in [1.807, 2.05) is 31.2 Å². The highest BCUT2D eigenvalue weighted by Gasteiger charge is 2.26. The molecular formula is C15H22F3NO2. The molecule has 1 atom stereocenters. The Morgan fingerprint density at radius 3 is 2.38 bits per heavy atom. The number of likely N-dealkylation sites (N-methyl/N-ethyl adjacent to an activating group) is 1. The highest BCUT2D eigenvalue weighted by Crippen LogP contribution is 2.23. The van der Waals surface area contributed by atoms with Crippen molar-refractivity contribution in [2.75, 3.05) is 26.8 Å². The standard InChI is InChI=1S/C15H22F3NO2/c1-3-19-11-14(21-10-4-9-15(16,17)18)12-5-7-13(20-2)8-6-12/h5-8,14,19H,3-4,9-11H2,1-2H3. The van der Waals surface area contributed by atoms with E-state index in [2.05, 4.69) is 5.32 Å². The summed E-state index contributed by atoms with van der Waals surface area (Å²) in [6.07, 6.45) is -5.23. The second kappa shape index (κ2) is 8.89. The van der Waals surface area contributed by atoms with Crippen LogP contribution in [0.25, 0.3) is 0 Å². The van der Waals surface area contributed by atoms with Crippen LogP contribution in [-0.4, -0.2) is 33.0 Å². The van der Waals surface area contributed by atoms with Gasteiger partial charge in [0, 0.05) is 19.6 Å². The molecule has 0 fully saturated rings. The molecule has 1 aromatic rings. The summed E-state index contributed by atoms with van der Waals surface area (Å²) in [6, 6.07) is 7.36. The first-order valence-electron chi connectivity index (χ1n) is 6.99. The van der Waals surface area contributed by atoms with Crippen LogP contribution in [0, 0.1) is 0 Å². The van der Waals surface area contributed by atoms with Crippen molar-refractivity contribution in [1.29, 1.82) is 0 Å². The maximum Gasteiger partial charge on any atom is 0.389 e. The zero-order valence-corrected chi connectivity index (χ0v) is 12.4. The van der Waals surface area contributed by atoms with Gasteiger partial charge in [0.15, 0.2) is 0 Å². The number of benzene rings is 1. The first kappa shape index (κ1) is 17.8. The van der Waals surface area contributed by atoms with Crippen molar-refractivity contribution in [3.63, 3.8) is 0 Å². The highest BCUT2D eigenvalue weighted by molar-refractivity contribution is 5.28. The van der Waals surface area contributed by atoms with Crippen LogP contribution in [0.4, 0.5) is 13.2 Å². The van der Waals surface area contributed by atoms with Crippen molar-refractivity contribution >= 4 is 0 Å². The topological polar surface area (TPSA) is 30.5 Å². The fourth-order valence-electron chi connectivity index (χ4n) is 1.87. The first-order chi connectivity index (χ1) is 9.96. The van der Waals surface area contributed by atoms with Crippen molar-refractivity contribution in [1.82, 2.24) is 5.32 Å². The smallest absolute Gasteiger partial charge is 0.389 e. The Bertz CT molecular complexity index is 393. The normalized spacial score (nSPS) is 13.2. The fourth-order valence-corrected chi connectivity index (χ4v) is 1.87. The van der Waals surface area contributed by atoms with E-state index in [-0.39, 0.29) is 19.1 Å². The Labute approximate surface area is 123 Å². The van der Waals surface area contributed by atoms with Gasteiger partial charge in [-0.1, -0.05) is 19.1 Å². The van der Waals surface area contributed by atoms with Crippen LogP contribution in [0.3, 0.4) is 0 Å². The van der Waals surface area contributed by atoms with Gasteiger partial charge in [0.05, 0.1) is 13.2 Å². The minimum Gasteiger partial charge on any atom is -0.497 e. The number of rotatable bonds is 9. The van der Waals surface area contributed by atoms with E-state index in [0.29, 0.717) is 6.54 Å². The number of hydrogen-bond donors (Lipinski definition) is 1. The molecule has 0 aromatic heterocycles. The third kappa shape index (κ3) is 7.34. The Morgan fingerprint density at radius 1 is 1.19 bits per heavy atom. The Morgan fingerprint density at radius 2 is 1.86 bits per heavy atom. The number of hydrogen-bond acceptors (Lipinski definition) is 3. The molecule has 0 heterocycles. The molecule has 0 saturated heterocycles. The van der Waals surface area contributed by atoms with Gasteiger partial charge in [-0.3, -0.25) is 0 Å². The minimum atomic E-state index is -4.12. The van der Waals surface area contributed by atoms with Crippen LogP contribution in [0.2, 0.25) is 0 Å². The van der Waals surface area contributed by atoms with Crippen LogP contribution in [0.1, 0.15) is 31.4 Å². The molecule has 1 aromatic carbocycles. The molecule has 6 heteroatoms. The van der Waals surface area contributed by atoms with Crippen LogP contribution in [0.5, 0.6) is 5.75 Å². The van der Waals surface area contributed by atoms with E-state index >= 15 is 0 Å². The SMILES string of the molecule is CCNCC(OCCCC(F)(F)F)c1ccc(OC)cc1. The maximum atomic E-state index is 12.1. The predicted octanol–water partition coefficient (Wildman–Crippen LogP) is 3.70. The van der Waals surface area contributed by atoms with Gasteiger partial charge in [-0.2, -0.15) is 13.2 Å². The largest absolute Gasteiger partial charge is 0.497 e. The van der Waals surface area contributed by atoms with Crippen LogP contribution in [0.15, 0.2) is 24.3 Å². The molecule has 0 aliphatic carbocycles. The number of nitrogens with one attached hydrogen (secondary N) is 1. The molecule has 1 N–H and O–H groups in total. The lowest BCUT2D eigenvalue weighted by Crippen LogP contribution is -2.23. The molecule has 120 valence electrons. The van der Waals surface area contributed by atoms with Crippen molar-refractivity contribution in [2.24, 2.45) is 0 Å². The van der Waals surface area contributed by atoms with Gasteiger partial charge in [-0.25, -0.2) is 0 Å². The van der Waals surface area contributed by atoms with Gasteiger partial charge in [-0.05, 0) is 30.7 Å². The molecule has 0 radical (unpaired) electrons. The second-order valence-electron chi connectivity index (χ2n) is 4.66. The molecule has 0 amide bonds. The van der Waals surface area contributed by atoms with E-state index in [9.17, 15) is 13.2 Å². The molecular weight excluding hydrogens is 283 g/mol. The van der Waals surface area contributed by atoms with E-state index in [0.717, 1.165) is 17.9 Å². The van der Waals surface area contributed by atoms with Gasteiger partial charge in [0.25, 0.3) is 0 Å². The first-order valence-corrected chi connectivity index (χ1v) is 6.99. The zero-order chi connectivity index (χ0) is 15.7. The highest BCUT2D eigenvalue weighted by atomic mass is 19.4. The summed E-state index contributed by atoms with van der Waals surface area (Å²) < 4.78 is 47.0. The number of alkyl halides is 3. The molecule has 0 spiro atoms. The van der Waals surface area contributed by atoms with E-state index < -0.39 is 12.6 Å². The van der Waals surface area contributed by atoms with E-state index in [4.69, 9.17) is 9.47 Å². The molecule has 1 unspecified atom stereocenters. The molecule has 3 nitrogen and oxygen atoms in total. The lowest BCUT2D eigenvalue weighted by atomic mass is 10.1. The second-order valence-corrected chi connectivity index (χ2v) is 4.66. The van der Waals surface area contributed by atoms with E-state index in [1.54, 1.807) is 7.11 Å². The summed E-state index contributed by atoms with van der Waals surface area (Å²) in [5, 5.41) is 3.15. The predicted molar refractivity (Wildman–Crippen MR) is 75.5 cm³/mol. The molecule has 0 saturated carbocycles. The Kier molecular flexibility index (Phi) is 7.53. The minimum absolute atomic E-state index is 0.0255. The van der Waals surface area contributed by atoms with Gasteiger partial charge in [0.2, 0.25) is 0 Å². The Balaban J connectivity index is 2.53. The lowest BCUT2D eigenvalue weighted by Gasteiger charge is -2.19. The van der Waals surface area contributed by atoms with Gasteiger partial charge in [-0.15, -0.1) is 0 Å². The Hall–Kier alpha value is -1.27. The molecule has 1 rings (SSSR count). The molecule has 0 aliphatic heterocycles. The quantitative estimate of drug-likeness (QED) is 0.706. The third-order valence-corrected chi connectivity index (χ3v) is 2.99. The summed E-state index contributed by atoms with van der Waals surface area (Å²) in [6.45, 7) is 3.39. The lowest BCUT2D eigenvalue weighted by molar-refractivity contribution is -0.138. The zero-order valence-electron chi connectivity index (χ0n) is 12.4. The van der Waals surface area contributed by atoms with Crippen molar-refractivity contribution in [2.45, 2.75) is 32.0 Å². The van der Waals surface area contributed by atoms with Crippen molar-refractivity contribution < 1.29 is 22.6 Å². The summed E-state index contributed by atoms with van der Waals surface area (Å²) >= 11 is 0.